The number of nitrogens with zero attached hydrogens (tertiary/aromatic N) is 1. The van der Waals surface area contributed by atoms with Crippen molar-refractivity contribution in [1.82, 2.24) is 0 Å². The van der Waals surface area contributed by atoms with E-state index < -0.39 is 0 Å². The van der Waals surface area contributed by atoms with E-state index in [4.69, 9.17) is 0 Å². The molecule has 5 heteroatoms. The predicted octanol–water partition coefficient (Wildman–Crippen LogP) is 3.57. The maximum absolute atomic E-state index is 12.5. The summed E-state index contributed by atoms with van der Waals surface area (Å²) in [6.45, 7) is 0. The summed E-state index contributed by atoms with van der Waals surface area (Å²) in [5, 5.41) is 2.95. The van der Waals surface area contributed by atoms with Gasteiger partial charge in [-0.15, -0.1) is 11.8 Å². The minimum atomic E-state index is -0.116. The standard InChI is InChI=1S/C18H18N2O2S/c1-20-15-9-8-13(11-12(15)7-10-17(20)21)19-18(22)14-5-3-4-6-16(14)23-2/h3-6,8-9,11H,7,10H2,1-2H3,(H,19,22). The van der Waals surface area contributed by atoms with Crippen molar-refractivity contribution < 1.29 is 9.59 Å². The highest BCUT2D eigenvalue weighted by Crippen LogP contribution is 2.29. The van der Waals surface area contributed by atoms with Crippen molar-refractivity contribution in [3.63, 3.8) is 0 Å². The van der Waals surface area contributed by atoms with Crippen LogP contribution in [-0.4, -0.2) is 25.1 Å². The number of fused-ring (bicyclic) bond motifs is 1. The Morgan fingerprint density at radius 1 is 1.17 bits per heavy atom. The fraction of sp³-hybridized carbons (Fsp3) is 0.222. The number of hydrogen-bond donors (Lipinski definition) is 1. The van der Waals surface area contributed by atoms with Crippen LogP contribution in [0, 0.1) is 0 Å². The van der Waals surface area contributed by atoms with Gasteiger partial charge in [0, 0.05) is 29.7 Å². The van der Waals surface area contributed by atoms with Gasteiger partial charge in [-0.05, 0) is 48.6 Å². The summed E-state index contributed by atoms with van der Waals surface area (Å²) in [7, 11) is 1.79. The lowest BCUT2D eigenvalue weighted by Gasteiger charge is -2.26. The van der Waals surface area contributed by atoms with Crippen molar-refractivity contribution >= 4 is 35.0 Å². The van der Waals surface area contributed by atoms with Crippen molar-refractivity contribution in [2.24, 2.45) is 0 Å². The van der Waals surface area contributed by atoms with E-state index in [2.05, 4.69) is 5.32 Å². The summed E-state index contributed by atoms with van der Waals surface area (Å²) >= 11 is 1.55. The lowest BCUT2D eigenvalue weighted by molar-refractivity contribution is -0.118. The van der Waals surface area contributed by atoms with Crippen molar-refractivity contribution in [2.45, 2.75) is 17.7 Å². The van der Waals surface area contributed by atoms with Crippen molar-refractivity contribution in [2.75, 3.05) is 23.5 Å². The highest BCUT2D eigenvalue weighted by atomic mass is 32.2. The Labute approximate surface area is 139 Å². The number of thioether (sulfide) groups is 1. The van der Waals surface area contributed by atoms with E-state index in [0.29, 0.717) is 18.4 Å². The molecule has 0 spiro atoms. The lowest BCUT2D eigenvalue weighted by Crippen LogP contribution is -2.31. The zero-order valence-electron chi connectivity index (χ0n) is 13.1. The number of benzene rings is 2. The molecule has 0 unspecified atom stereocenters. The largest absolute Gasteiger partial charge is 0.322 e. The van der Waals surface area contributed by atoms with Crippen LogP contribution in [0.1, 0.15) is 22.3 Å². The molecule has 2 aromatic carbocycles. The molecule has 118 valence electrons. The third kappa shape index (κ3) is 3.10. The first-order valence-electron chi connectivity index (χ1n) is 7.44. The number of rotatable bonds is 3. The molecule has 0 aliphatic carbocycles. The molecular weight excluding hydrogens is 308 g/mol. The van der Waals surface area contributed by atoms with Crippen LogP contribution in [0.3, 0.4) is 0 Å². The zero-order valence-corrected chi connectivity index (χ0v) is 13.9. The number of nitrogens with one attached hydrogen (secondary N) is 1. The Morgan fingerprint density at radius 3 is 2.74 bits per heavy atom. The minimum absolute atomic E-state index is 0.116. The number of amides is 2. The first kappa shape index (κ1) is 15.6. The Bertz CT molecular complexity index is 773. The minimum Gasteiger partial charge on any atom is -0.322 e. The second-order valence-corrected chi connectivity index (χ2v) is 6.30. The van der Waals surface area contributed by atoms with E-state index >= 15 is 0 Å². The molecule has 0 aromatic heterocycles. The maximum Gasteiger partial charge on any atom is 0.256 e. The molecule has 1 heterocycles. The van der Waals surface area contributed by atoms with Crippen LogP contribution in [0.2, 0.25) is 0 Å². The molecule has 0 bridgehead atoms. The SMILES string of the molecule is CSc1ccccc1C(=O)Nc1ccc2c(c1)CCC(=O)N2C. The molecule has 0 saturated heterocycles. The normalized spacial score (nSPS) is 13.7. The van der Waals surface area contributed by atoms with Crippen molar-refractivity contribution in [3.8, 4) is 0 Å². The Morgan fingerprint density at radius 2 is 1.96 bits per heavy atom. The quantitative estimate of drug-likeness (QED) is 0.877. The highest BCUT2D eigenvalue weighted by molar-refractivity contribution is 7.98. The Kier molecular flexibility index (Phi) is 4.39. The van der Waals surface area contributed by atoms with Crippen LogP contribution in [-0.2, 0) is 11.2 Å². The molecule has 3 rings (SSSR count). The van der Waals surface area contributed by atoms with Gasteiger partial charge in [0.25, 0.3) is 5.91 Å². The molecule has 2 aromatic rings. The third-order valence-electron chi connectivity index (χ3n) is 4.03. The topological polar surface area (TPSA) is 49.4 Å². The molecule has 1 aliphatic rings. The monoisotopic (exact) mass is 326 g/mol. The second-order valence-electron chi connectivity index (χ2n) is 5.45. The van der Waals surface area contributed by atoms with Gasteiger partial charge in [0.2, 0.25) is 5.91 Å². The first-order chi connectivity index (χ1) is 11.1. The number of hydrogen-bond acceptors (Lipinski definition) is 3. The fourth-order valence-corrected chi connectivity index (χ4v) is 3.36. The van der Waals surface area contributed by atoms with Gasteiger partial charge >= 0.3 is 0 Å². The predicted molar refractivity (Wildman–Crippen MR) is 94.3 cm³/mol. The van der Waals surface area contributed by atoms with Gasteiger partial charge in [-0.1, -0.05) is 12.1 Å². The number of aryl methyl sites for hydroxylation is 1. The molecule has 0 atom stereocenters. The summed E-state index contributed by atoms with van der Waals surface area (Å²) in [5.41, 5.74) is 3.43. The molecule has 0 saturated carbocycles. The molecule has 4 nitrogen and oxygen atoms in total. The van der Waals surface area contributed by atoms with Crippen LogP contribution < -0.4 is 10.2 Å². The highest BCUT2D eigenvalue weighted by Gasteiger charge is 2.21. The smallest absolute Gasteiger partial charge is 0.256 e. The van der Waals surface area contributed by atoms with Crippen LogP contribution in [0.25, 0.3) is 0 Å². The number of anilines is 2. The van der Waals surface area contributed by atoms with E-state index in [9.17, 15) is 9.59 Å². The van der Waals surface area contributed by atoms with Crippen LogP contribution in [0.15, 0.2) is 47.4 Å². The third-order valence-corrected chi connectivity index (χ3v) is 4.83. The van der Waals surface area contributed by atoms with Gasteiger partial charge in [0.15, 0.2) is 0 Å². The van der Waals surface area contributed by atoms with Crippen LogP contribution in [0.4, 0.5) is 11.4 Å². The Hall–Kier alpha value is -2.27. The molecular formula is C18H18N2O2S. The van der Waals surface area contributed by atoms with Gasteiger partial charge in [-0.25, -0.2) is 0 Å². The molecule has 1 aliphatic heterocycles. The molecule has 0 radical (unpaired) electrons. The number of carbonyl (C=O) groups excluding carboxylic acids is 2. The molecule has 0 fully saturated rings. The summed E-state index contributed by atoms with van der Waals surface area (Å²) in [5.74, 6) is 0.0123. The lowest BCUT2D eigenvalue weighted by atomic mass is 10.0. The molecule has 2 amide bonds. The van der Waals surface area contributed by atoms with Crippen LogP contribution in [0.5, 0.6) is 0 Å². The summed E-state index contributed by atoms with van der Waals surface area (Å²) in [6.07, 6.45) is 3.18. The Balaban J connectivity index is 1.84. The molecule has 1 N–H and O–H groups in total. The van der Waals surface area contributed by atoms with Gasteiger partial charge in [0.05, 0.1) is 5.56 Å². The van der Waals surface area contributed by atoms with Gasteiger partial charge in [-0.2, -0.15) is 0 Å². The molecule has 23 heavy (non-hydrogen) atoms. The number of carbonyl (C=O) groups is 2. The van der Waals surface area contributed by atoms with Crippen LogP contribution >= 0.6 is 11.8 Å². The zero-order chi connectivity index (χ0) is 16.4. The maximum atomic E-state index is 12.5. The second kappa shape index (κ2) is 6.46. The van der Waals surface area contributed by atoms with E-state index in [1.54, 1.807) is 23.7 Å². The summed E-state index contributed by atoms with van der Waals surface area (Å²) in [4.78, 5) is 26.8. The first-order valence-corrected chi connectivity index (χ1v) is 8.66. The van der Waals surface area contributed by atoms with E-state index in [1.165, 1.54) is 0 Å². The van der Waals surface area contributed by atoms with Crippen molar-refractivity contribution in [1.29, 1.82) is 0 Å². The van der Waals surface area contributed by atoms with E-state index in [1.807, 2.05) is 48.7 Å². The van der Waals surface area contributed by atoms with Crippen molar-refractivity contribution in [3.05, 3.63) is 53.6 Å². The van der Waals surface area contributed by atoms with E-state index in [0.717, 1.165) is 21.8 Å². The average Bonchev–Trinajstić information content (AvgIpc) is 2.58. The summed E-state index contributed by atoms with van der Waals surface area (Å²) < 4.78 is 0. The summed E-state index contributed by atoms with van der Waals surface area (Å²) in [6, 6.07) is 13.2. The van der Waals surface area contributed by atoms with Gasteiger partial charge in [-0.3, -0.25) is 9.59 Å². The van der Waals surface area contributed by atoms with E-state index in [-0.39, 0.29) is 11.8 Å². The van der Waals surface area contributed by atoms with Gasteiger partial charge < -0.3 is 10.2 Å². The fourth-order valence-electron chi connectivity index (χ4n) is 2.77. The average molecular weight is 326 g/mol. The van der Waals surface area contributed by atoms with Gasteiger partial charge in [0.1, 0.15) is 0 Å².